The molecule has 1 aliphatic rings. The lowest BCUT2D eigenvalue weighted by molar-refractivity contribution is -0.0241. The molecular weight excluding hydrogens is 270 g/mol. The number of halogens is 1. The van der Waals surface area contributed by atoms with Crippen LogP contribution in [0.2, 0.25) is 4.34 Å². The second-order valence-electron chi connectivity index (χ2n) is 5.21. The van der Waals surface area contributed by atoms with Gasteiger partial charge in [-0.05, 0) is 45.4 Å². The monoisotopic (exact) mass is 287 g/mol. The zero-order chi connectivity index (χ0) is 13.3. The van der Waals surface area contributed by atoms with Crippen molar-refractivity contribution >= 4 is 28.7 Å². The molecule has 5 heteroatoms. The van der Waals surface area contributed by atoms with E-state index in [1.54, 1.807) is 12.1 Å². The lowest BCUT2D eigenvalue weighted by Crippen LogP contribution is -2.51. The summed E-state index contributed by atoms with van der Waals surface area (Å²) in [5.74, 6) is 0.0876. The third-order valence-electron chi connectivity index (χ3n) is 3.45. The summed E-state index contributed by atoms with van der Waals surface area (Å²) in [6.45, 7) is 5.15. The van der Waals surface area contributed by atoms with Crippen LogP contribution in [-0.4, -0.2) is 40.5 Å². The van der Waals surface area contributed by atoms with E-state index in [1.807, 2.05) is 13.8 Å². The molecule has 1 saturated heterocycles. The highest BCUT2D eigenvalue weighted by atomic mass is 35.5. The number of rotatable bonds is 3. The fraction of sp³-hybridized carbons (Fsp3) is 0.615. The van der Waals surface area contributed by atoms with Gasteiger partial charge < -0.3 is 5.11 Å². The lowest BCUT2D eigenvalue weighted by atomic mass is 9.93. The molecule has 2 heterocycles. The van der Waals surface area contributed by atoms with E-state index in [0.717, 1.165) is 19.4 Å². The first-order chi connectivity index (χ1) is 8.39. The van der Waals surface area contributed by atoms with Crippen LogP contribution in [-0.2, 0) is 0 Å². The molecule has 100 valence electrons. The first-order valence-electron chi connectivity index (χ1n) is 6.15. The number of carbonyl (C=O) groups excluding carboxylic acids is 1. The third kappa shape index (κ3) is 3.12. The predicted octanol–water partition coefficient (Wildman–Crippen LogP) is 2.82. The van der Waals surface area contributed by atoms with Crippen LogP contribution in [0.4, 0.5) is 0 Å². The minimum absolute atomic E-state index is 0.0876. The zero-order valence-corrected chi connectivity index (χ0v) is 12.2. The smallest absolute Gasteiger partial charge is 0.189 e. The zero-order valence-electron chi connectivity index (χ0n) is 10.6. The summed E-state index contributed by atoms with van der Waals surface area (Å²) in [5.41, 5.74) is -0.681. The maximum absolute atomic E-state index is 12.3. The Labute approximate surface area is 116 Å². The van der Waals surface area contributed by atoms with Gasteiger partial charge in [-0.15, -0.1) is 11.3 Å². The second-order valence-corrected chi connectivity index (χ2v) is 6.93. The summed E-state index contributed by atoms with van der Waals surface area (Å²) >= 11 is 7.17. The Morgan fingerprint density at radius 2 is 2.33 bits per heavy atom. The highest BCUT2D eigenvalue weighted by Crippen LogP contribution is 2.26. The van der Waals surface area contributed by atoms with Gasteiger partial charge in [-0.1, -0.05) is 11.6 Å². The molecule has 2 rings (SSSR count). The first-order valence-corrected chi connectivity index (χ1v) is 7.34. The van der Waals surface area contributed by atoms with Crippen molar-refractivity contribution in [3.8, 4) is 0 Å². The molecule has 0 amide bonds. The van der Waals surface area contributed by atoms with E-state index in [1.165, 1.54) is 11.3 Å². The van der Waals surface area contributed by atoms with Crippen LogP contribution < -0.4 is 0 Å². The van der Waals surface area contributed by atoms with E-state index >= 15 is 0 Å². The molecular formula is C13H18ClNO2S. The average molecular weight is 288 g/mol. The Morgan fingerprint density at radius 3 is 2.89 bits per heavy atom. The Morgan fingerprint density at radius 1 is 1.61 bits per heavy atom. The van der Waals surface area contributed by atoms with Gasteiger partial charge in [0.1, 0.15) is 0 Å². The van der Waals surface area contributed by atoms with Crippen LogP contribution in [0.3, 0.4) is 0 Å². The van der Waals surface area contributed by atoms with Crippen LogP contribution >= 0.6 is 22.9 Å². The standard InChI is InChI=1S/C13H18ClNO2S/c1-9(12(16)10-4-5-11(14)18-10)15-7-3-6-13(2,17)8-15/h4-5,9,17H,3,6-8H2,1-2H3. The molecule has 1 aromatic heterocycles. The highest BCUT2D eigenvalue weighted by Gasteiger charge is 2.33. The number of nitrogens with zero attached hydrogens (tertiary/aromatic N) is 1. The SMILES string of the molecule is CC(C(=O)c1ccc(Cl)s1)N1CCCC(C)(O)C1. The molecule has 0 aromatic carbocycles. The van der Waals surface area contributed by atoms with Crippen LogP contribution in [0.5, 0.6) is 0 Å². The van der Waals surface area contributed by atoms with Crippen molar-refractivity contribution < 1.29 is 9.90 Å². The fourth-order valence-corrected chi connectivity index (χ4v) is 3.47. The number of piperidine rings is 1. The summed E-state index contributed by atoms with van der Waals surface area (Å²) in [7, 11) is 0. The number of ketones is 1. The Balaban J connectivity index is 2.07. The van der Waals surface area contributed by atoms with Gasteiger partial charge in [0.05, 0.1) is 20.9 Å². The van der Waals surface area contributed by atoms with Crippen molar-refractivity contribution in [2.45, 2.75) is 38.3 Å². The molecule has 0 spiro atoms. The van der Waals surface area contributed by atoms with Crippen LogP contribution in [0.1, 0.15) is 36.4 Å². The van der Waals surface area contributed by atoms with E-state index in [-0.39, 0.29) is 11.8 Å². The summed E-state index contributed by atoms with van der Waals surface area (Å²) in [4.78, 5) is 15.0. The number of Topliss-reactive ketones (excluding diaryl/α,β-unsaturated/α-hetero) is 1. The van der Waals surface area contributed by atoms with Crippen molar-refractivity contribution in [1.29, 1.82) is 0 Å². The molecule has 0 bridgehead atoms. The number of carbonyl (C=O) groups is 1. The third-order valence-corrected chi connectivity index (χ3v) is 4.69. The van der Waals surface area contributed by atoms with Crippen molar-refractivity contribution in [2.75, 3.05) is 13.1 Å². The van der Waals surface area contributed by atoms with Crippen LogP contribution in [0.25, 0.3) is 0 Å². The number of thiophene rings is 1. The molecule has 0 saturated carbocycles. The average Bonchev–Trinajstić information content (AvgIpc) is 2.72. The van der Waals surface area contributed by atoms with Gasteiger partial charge in [-0.3, -0.25) is 9.69 Å². The molecule has 2 unspecified atom stereocenters. The highest BCUT2D eigenvalue weighted by molar-refractivity contribution is 7.18. The second kappa shape index (κ2) is 5.29. The molecule has 18 heavy (non-hydrogen) atoms. The largest absolute Gasteiger partial charge is 0.389 e. The Hall–Kier alpha value is -0.420. The molecule has 2 atom stereocenters. The van der Waals surface area contributed by atoms with Crippen LogP contribution in [0.15, 0.2) is 12.1 Å². The quantitative estimate of drug-likeness (QED) is 0.869. The van der Waals surface area contributed by atoms with Gasteiger partial charge in [0.25, 0.3) is 0 Å². The normalized spacial score (nSPS) is 27.1. The minimum atomic E-state index is -0.681. The minimum Gasteiger partial charge on any atom is -0.389 e. The van der Waals surface area contributed by atoms with E-state index in [0.29, 0.717) is 15.8 Å². The number of aliphatic hydroxyl groups is 1. The summed E-state index contributed by atoms with van der Waals surface area (Å²) in [5, 5.41) is 10.1. The predicted molar refractivity (Wildman–Crippen MR) is 74.6 cm³/mol. The Bertz CT molecular complexity index is 444. The Kier molecular flexibility index (Phi) is 4.11. The molecule has 0 radical (unpaired) electrons. The van der Waals surface area contributed by atoms with Crippen LogP contribution in [0, 0.1) is 0 Å². The summed E-state index contributed by atoms with van der Waals surface area (Å²) in [6, 6.07) is 3.32. The van der Waals surface area contributed by atoms with Crippen molar-refractivity contribution in [1.82, 2.24) is 4.90 Å². The molecule has 1 aromatic rings. The fourth-order valence-electron chi connectivity index (χ4n) is 2.41. The molecule has 1 N–H and O–H groups in total. The van der Waals surface area contributed by atoms with E-state index in [4.69, 9.17) is 11.6 Å². The summed E-state index contributed by atoms with van der Waals surface area (Å²) < 4.78 is 0.635. The first kappa shape index (κ1) is 14.0. The van der Waals surface area contributed by atoms with Crippen molar-refractivity contribution in [2.24, 2.45) is 0 Å². The summed E-state index contributed by atoms with van der Waals surface area (Å²) in [6.07, 6.45) is 1.73. The molecule has 1 fully saturated rings. The van der Waals surface area contributed by atoms with Gasteiger partial charge in [0.2, 0.25) is 0 Å². The van der Waals surface area contributed by atoms with Gasteiger partial charge >= 0.3 is 0 Å². The number of likely N-dealkylation sites (tertiary alicyclic amines) is 1. The van der Waals surface area contributed by atoms with Gasteiger partial charge in [0.15, 0.2) is 5.78 Å². The maximum Gasteiger partial charge on any atom is 0.189 e. The number of hydrogen-bond acceptors (Lipinski definition) is 4. The molecule has 1 aliphatic heterocycles. The van der Waals surface area contributed by atoms with Crippen molar-refractivity contribution in [3.05, 3.63) is 21.3 Å². The molecule has 0 aliphatic carbocycles. The number of β-amino-alcohol motifs (C(OH)–C–C–N with tert-alkyl or cyclic N) is 1. The lowest BCUT2D eigenvalue weighted by Gasteiger charge is -2.39. The molecule has 3 nitrogen and oxygen atoms in total. The van der Waals surface area contributed by atoms with E-state index < -0.39 is 5.60 Å². The van der Waals surface area contributed by atoms with Gasteiger partial charge in [-0.25, -0.2) is 0 Å². The van der Waals surface area contributed by atoms with Gasteiger partial charge in [0, 0.05) is 6.54 Å². The maximum atomic E-state index is 12.3. The van der Waals surface area contributed by atoms with Gasteiger partial charge in [-0.2, -0.15) is 0 Å². The van der Waals surface area contributed by atoms with E-state index in [2.05, 4.69) is 4.90 Å². The topological polar surface area (TPSA) is 40.5 Å². The van der Waals surface area contributed by atoms with E-state index in [9.17, 15) is 9.90 Å². The number of hydrogen-bond donors (Lipinski definition) is 1. The van der Waals surface area contributed by atoms with Crippen molar-refractivity contribution in [3.63, 3.8) is 0 Å².